The summed E-state index contributed by atoms with van der Waals surface area (Å²) in [7, 11) is 0. The summed E-state index contributed by atoms with van der Waals surface area (Å²) in [6.45, 7) is 8.58. The Morgan fingerprint density at radius 3 is 2.55 bits per heavy atom. The Hall–Kier alpha value is -1.26. The van der Waals surface area contributed by atoms with Gasteiger partial charge in [0.05, 0.1) is 5.02 Å². The highest BCUT2D eigenvalue weighted by atomic mass is 35.5. The highest BCUT2D eigenvalue weighted by Gasteiger charge is 2.11. The van der Waals surface area contributed by atoms with Crippen molar-refractivity contribution in [2.45, 2.75) is 46.3 Å². The second-order valence-electron chi connectivity index (χ2n) is 5.27. The molecule has 0 aliphatic carbocycles. The van der Waals surface area contributed by atoms with Crippen LogP contribution in [0.2, 0.25) is 5.02 Å². The minimum Gasteiger partial charge on any atom is -0.482 e. The van der Waals surface area contributed by atoms with E-state index in [1.807, 2.05) is 26.0 Å². The van der Waals surface area contributed by atoms with Gasteiger partial charge in [-0.1, -0.05) is 37.6 Å². The SMILES string of the molecule is CC(C)NCc1cccc(Cl)c1OCC(=O)NC(C)C. The Kier molecular flexibility index (Phi) is 6.82. The van der Waals surface area contributed by atoms with Gasteiger partial charge in [0.2, 0.25) is 0 Å². The van der Waals surface area contributed by atoms with Gasteiger partial charge in [-0.3, -0.25) is 4.79 Å². The molecule has 0 bridgehead atoms. The molecule has 0 aliphatic rings. The molecular formula is C15H23ClN2O2. The molecule has 4 nitrogen and oxygen atoms in total. The number of benzene rings is 1. The number of nitrogens with one attached hydrogen (secondary N) is 2. The molecule has 0 fully saturated rings. The normalized spacial score (nSPS) is 10.9. The molecule has 0 saturated carbocycles. The standard InChI is InChI=1S/C15H23ClN2O2/c1-10(2)17-8-12-6-5-7-13(16)15(12)20-9-14(19)18-11(3)4/h5-7,10-11,17H,8-9H2,1-4H3,(H,18,19). The van der Waals surface area contributed by atoms with Crippen LogP contribution in [0.4, 0.5) is 0 Å². The van der Waals surface area contributed by atoms with E-state index in [4.69, 9.17) is 16.3 Å². The third kappa shape index (κ3) is 5.80. The van der Waals surface area contributed by atoms with E-state index in [2.05, 4.69) is 24.5 Å². The maximum atomic E-state index is 11.6. The van der Waals surface area contributed by atoms with Crippen LogP contribution >= 0.6 is 11.6 Å². The van der Waals surface area contributed by atoms with E-state index in [1.54, 1.807) is 6.07 Å². The summed E-state index contributed by atoms with van der Waals surface area (Å²) in [4.78, 5) is 11.6. The van der Waals surface area contributed by atoms with E-state index in [0.717, 1.165) is 5.56 Å². The Labute approximate surface area is 125 Å². The lowest BCUT2D eigenvalue weighted by Gasteiger charge is -2.15. The molecule has 1 aromatic carbocycles. The zero-order valence-electron chi connectivity index (χ0n) is 12.5. The molecule has 0 aliphatic heterocycles. The van der Waals surface area contributed by atoms with Gasteiger partial charge in [-0.05, 0) is 19.9 Å². The van der Waals surface area contributed by atoms with E-state index in [-0.39, 0.29) is 18.6 Å². The van der Waals surface area contributed by atoms with Gasteiger partial charge in [0, 0.05) is 24.2 Å². The molecule has 0 saturated heterocycles. The zero-order chi connectivity index (χ0) is 15.1. The van der Waals surface area contributed by atoms with Crippen molar-refractivity contribution in [3.8, 4) is 5.75 Å². The first-order chi connectivity index (χ1) is 9.40. The van der Waals surface area contributed by atoms with Gasteiger partial charge in [-0.25, -0.2) is 0 Å². The molecule has 0 spiro atoms. The van der Waals surface area contributed by atoms with Crippen molar-refractivity contribution in [1.82, 2.24) is 10.6 Å². The molecule has 0 heterocycles. The predicted molar refractivity (Wildman–Crippen MR) is 82.2 cm³/mol. The van der Waals surface area contributed by atoms with Crippen LogP contribution in [0.15, 0.2) is 18.2 Å². The average molecular weight is 299 g/mol. The van der Waals surface area contributed by atoms with Crippen molar-refractivity contribution in [2.24, 2.45) is 0 Å². The Morgan fingerprint density at radius 2 is 1.95 bits per heavy atom. The fourth-order valence-electron chi connectivity index (χ4n) is 1.67. The van der Waals surface area contributed by atoms with E-state index in [0.29, 0.717) is 23.4 Å². The van der Waals surface area contributed by atoms with Crippen LogP contribution in [0.1, 0.15) is 33.3 Å². The summed E-state index contributed by atoms with van der Waals surface area (Å²) in [6.07, 6.45) is 0. The minimum atomic E-state index is -0.150. The molecule has 1 rings (SSSR count). The number of carbonyl (C=O) groups excluding carboxylic acids is 1. The predicted octanol–water partition coefficient (Wildman–Crippen LogP) is 2.74. The van der Waals surface area contributed by atoms with Crippen molar-refractivity contribution in [2.75, 3.05) is 6.61 Å². The number of amides is 1. The van der Waals surface area contributed by atoms with E-state index < -0.39 is 0 Å². The molecule has 2 N–H and O–H groups in total. The van der Waals surface area contributed by atoms with Gasteiger partial charge in [-0.15, -0.1) is 0 Å². The maximum Gasteiger partial charge on any atom is 0.258 e. The lowest BCUT2D eigenvalue weighted by Crippen LogP contribution is -2.34. The summed E-state index contributed by atoms with van der Waals surface area (Å²) in [6, 6.07) is 6.04. The Bertz CT molecular complexity index is 447. The molecule has 0 atom stereocenters. The van der Waals surface area contributed by atoms with Crippen molar-refractivity contribution in [3.05, 3.63) is 28.8 Å². The van der Waals surface area contributed by atoms with Crippen LogP contribution < -0.4 is 15.4 Å². The van der Waals surface area contributed by atoms with Crippen LogP contribution in [0, 0.1) is 0 Å². The maximum absolute atomic E-state index is 11.6. The van der Waals surface area contributed by atoms with Crippen LogP contribution in [0.25, 0.3) is 0 Å². The quantitative estimate of drug-likeness (QED) is 0.814. The molecule has 1 aromatic rings. The Balaban J connectivity index is 2.70. The van der Waals surface area contributed by atoms with Gasteiger partial charge < -0.3 is 15.4 Å². The molecule has 0 radical (unpaired) electrons. The number of carbonyl (C=O) groups is 1. The number of ether oxygens (including phenoxy) is 1. The molecule has 112 valence electrons. The largest absolute Gasteiger partial charge is 0.482 e. The van der Waals surface area contributed by atoms with Crippen molar-refractivity contribution in [3.63, 3.8) is 0 Å². The van der Waals surface area contributed by atoms with Crippen molar-refractivity contribution >= 4 is 17.5 Å². The molecule has 5 heteroatoms. The summed E-state index contributed by atoms with van der Waals surface area (Å²) in [5.74, 6) is 0.420. The third-order valence-electron chi connectivity index (χ3n) is 2.55. The summed E-state index contributed by atoms with van der Waals surface area (Å²) >= 11 is 6.15. The van der Waals surface area contributed by atoms with E-state index in [1.165, 1.54) is 0 Å². The first-order valence-electron chi connectivity index (χ1n) is 6.83. The number of para-hydroxylation sites is 1. The number of hydrogen-bond donors (Lipinski definition) is 2. The smallest absolute Gasteiger partial charge is 0.258 e. The molecule has 0 unspecified atom stereocenters. The molecule has 0 aromatic heterocycles. The Morgan fingerprint density at radius 1 is 1.25 bits per heavy atom. The lowest BCUT2D eigenvalue weighted by atomic mass is 10.2. The van der Waals surface area contributed by atoms with Crippen molar-refractivity contribution in [1.29, 1.82) is 0 Å². The fourth-order valence-corrected chi connectivity index (χ4v) is 1.92. The van der Waals surface area contributed by atoms with Gasteiger partial charge in [0.25, 0.3) is 5.91 Å². The highest BCUT2D eigenvalue weighted by molar-refractivity contribution is 6.32. The van der Waals surface area contributed by atoms with Crippen LogP contribution in [0.3, 0.4) is 0 Å². The van der Waals surface area contributed by atoms with Crippen LogP contribution in [0.5, 0.6) is 5.75 Å². The summed E-state index contributed by atoms with van der Waals surface area (Å²) in [5, 5.41) is 6.61. The third-order valence-corrected chi connectivity index (χ3v) is 2.84. The number of rotatable bonds is 7. The monoisotopic (exact) mass is 298 g/mol. The molecule has 20 heavy (non-hydrogen) atoms. The minimum absolute atomic E-state index is 0.0312. The van der Waals surface area contributed by atoms with Crippen LogP contribution in [-0.2, 0) is 11.3 Å². The van der Waals surface area contributed by atoms with E-state index >= 15 is 0 Å². The van der Waals surface area contributed by atoms with Gasteiger partial charge in [0.15, 0.2) is 6.61 Å². The van der Waals surface area contributed by atoms with E-state index in [9.17, 15) is 4.79 Å². The van der Waals surface area contributed by atoms with Crippen molar-refractivity contribution < 1.29 is 9.53 Å². The molecule has 1 amide bonds. The zero-order valence-corrected chi connectivity index (χ0v) is 13.3. The van der Waals surface area contributed by atoms with Gasteiger partial charge in [-0.2, -0.15) is 0 Å². The number of halogens is 1. The van der Waals surface area contributed by atoms with Gasteiger partial charge in [0.1, 0.15) is 5.75 Å². The molecular weight excluding hydrogens is 276 g/mol. The lowest BCUT2D eigenvalue weighted by molar-refractivity contribution is -0.123. The highest BCUT2D eigenvalue weighted by Crippen LogP contribution is 2.28. The van der Waals surface area contributed by atoms with Gasteiger partial charge >= 0.3 is 0 Å². The average Bonchev–Trinajstić information content (AvgIpc) is 2.34. The summed E-state index contributed by atoms with van der Waals surface area (Å²) in [5.41, 5.74) is 0.948. The second-order valence-corrected chi connectivity index (χ2v) is 5.68. The first-order valence-corrected chi connectivity index (χ1v) is 7.21. The second kappa shape index (κ2) is 8.12. The number of hydrogen-bond acceptors (Lipinski definition) is 3. The summed E-state index contributed by atoms with van der Waals surface area (Å²) < 4.78 is 5.58. The van der Waals surface area contributed by atoms with Crippen LogP contribution in [-0.4, -0.2) is 24.6 Å². The topological polar surface area (TPSA) is 50.4 Å². The fraction of sp³-hybridized carbons (Fsp3) is 0.533. The first kappa shape index (κ1) is 16.8.